The number of amides is 1. The molecule has 1 rings (SSSR count). The number of nitrogens with one attached hydrogen (secondary N) is 1. The third-order valence-corrected chi connectivity index (χ3v) is 3.56. The molecule has 0 aliphatic rings. The van der Waals surface area contributed by atoms with Gasteiger partial charge in [-0.25, -0.2) is 4.79 Å². The minimum Gasteiger partial charge on any atom is -0.481 e. The Morgan fingerprint density at radius 1 is 1.21 bits per heavy atom. The summed E-state index contributed by atoms with van der Waals surface area (Å²) in [6.45, 7) is 9.37. The van der Waals surface area contributed by atoms with Crippen molar-refractivity contribution in [1.82, 2.24) is 5.32 Å². The average Bonchev–Trinajstić information content (AvgIpc) is 2.43. The lowest BCUT2D eigenvalue weighted by Gasteiger charge is -2.22. The predicted octanol–water partition coefficient (Wildman–Crippen LogP) is 4.11. The molecule has 5 heteroatoms. The summed E-state index contributed by atoms with van der Waals surface area (Å²) in [6.07, 6.45) is 1.69. The van der Waals surface area contributed by atoms with Crippen LogP contribution in [0.4, 0.5) is 4.79 Å². The maximum absolute atomic E-state index is 11.8. The fraction of sp³-hybridized carbons (Fsp3) is 0.579. The molecule has 2 N–H and O–H groups in total. The van der Waals surface area contributed by atoms with Gasteiger partial charge in [0, 0.05) is 6.04 Å². The molecule has 5 nitrogen and oxygen atoms in total. The Balaban J connectivity index is 2.63. The summed E-state index contributed by atoms with van der Waals surface area (Å²) in [5.41, 5.74) is 1.35. The summed E-state index contributed by atoms with van der Waals surface area (Å²) in [6, 6.07) is 7.51. The lowest BCUT2D eigenvalue weighted by atomic mass is 9.93. The highest BCUT2D eigenvalue weighted by Crippen LogP contribution is 2.22. The Kier molecular flexibility index (Phi) is 7.26. The van der Waals surface area contributed by atoms with Crippen molar-refractivity contribution in [3.05, 3.63) is 35.4 Å². The summed E-state index contributed by atoms with van der Waals surface area (Å²) in [5, 5.41) is 12.1. The van der Waals surface area contributed by atoms with Crippen molar-refractivity contribution in [2.45, 2.75) is 71.4 Å². The Morgan fingerprint density at radius 3 is 2.25 bits per heavy atom. The molecule has 2 atom stereocenters. The van der Waals surface area contributed by atoms with Crippen LogP contribution in [0.2, 0.25) is 0 Å². The topological polar surface area (TPSA) is 75.6 Å². The summed E-state index contributed by atoms with van der Waals surface area (Å²) in [4.78, 5) is 23.1. The van der Waals surface area contributed by atoms with Gasteiger partial charge in [-0.15, -0.1) is 0 Å². The molecule has 0 aliphatic heterocycles. The van der Waals surface area contributed by atoms with Gasteiger partial charge in [0.15, 0.2) is 0 Å². The van der Waals surface area contributed by atoms with E-state index in [-0.39, 0.29) is 6.04 Å². The number of hydrogen-bond acceptors (Lipinski definition) is 3. The minimum atomic E-state index is -0.787. The summed E-state index contributed by atoms with van der Waals surface area (Å²) in [5.74, 6) is -1.24. The first-order valence-electron chi connectivity index (χ1n) is 8.43. The third-order valence-electron chi connectivity index (χ3n) is 3.56. The van der Waals surface area contributed by atoms with Crippen LogP contribution in [0.25, 0.3) is 0 Å². The number of carbonyl (C=O) groups excluding carboxylic acids is 1. The molecule has 0 radical (unpaired) electrons. The van der Waals surface area contributed by atoms with Gasteiger partial charge in [0.25, 0.3) is 0 Å². The average molecular weight is 335 g/mol. The normalized spacial score (nSPS) is 13.9. The summed E-state index contributed by atoms with van der Waals surface area (Å²) < 4.78 is 5.23. The Labute approximate surface area is 144 Å². The molecule has 0 bridgehead atoms. The van der Waals surface area contributed by atoms with Crippen molar-refractivity contribution in [2.24, 2.45) is 0 Å². The summed E-state index contributed by atoms with van der Waals surface area (Å²) in [7, 11) is 0. The van der Waals surface area contributed by atoms with Gasteiger partial charge in [-0.3, -0.25) is 4.79 Å². The van der Waals surface area contributed by atoms with E-state index >= 15 is 0 Å². The largest absolute Gasteiger partial charge is 0.481 e. The number of hydrogen-bond donors (Lipinski definition) is 2. The van der Waals surface area contributed by atoms with Crippen molar-refractivity contribution in [2.75, 3.05) is 0 Å². The fourth-order valence-electron chi connectivity index (χ4n) is 2.52. The standard InChI is InChI=1S/C19H29NO4/c1-6-7-16(17(21)22)15-10-8-14(9-11-15)12-13(2)20-18(23)24-19(3,4)5/h8-11,13,16H,6-7,12H2,1-5H3,(H,20,23)(H,21,22). The van der Waals surface area contributed by atoms with Crippen LogP contribution in [0.1, 0.15) is 64.5 Å². The van der Waals surface area contributed by atoms with E-state index in [9.17, 15) is 14.7 Å². The molecule has 0 fully saturated rings. The number of aliphatic carboxylic acids is 1. The molecule has 0 aliphatic carbocycles. The Bertz CT molecular complexity index is 545. The molecule has 0 saturated heterocycles. The van der Waals surface area contributed by atoms with E-state index < -0.39 is 23.6 Å². The van der Waals surface area contributed by atoms with Crippen LogP contribution in [0.15, 0.2) is 24.3 Å². The number of carboxylic acid groups (broad SMARTS) is 1. The van der Waals surface area contributed by atoms with Gasteiger partial charge in [0.2, 0.25) is 0 Å². The fourth-order valence-corrected chi connectivity index (χ4v) is 2.52. The van der Waals surface area contributed by atoms with Gasteiger partial charge in [-0.05, 0) is 51.7 Å². The molecular formula is C19H29NO4. The van der Waals surface area contributed by atoms with Crippen LogP contribution in [0.3, 0.4) is 0 Å². The van der Waals surface area contributed by atoms with Gasteiger partial charge >= 0.3 is 12.1 Å². The van der Waals surface area contributed by atoms with Crippen molar-refractivity contribution in [1.29, 1.82) is 0 Å². The molecular weight excluding hydrogens is 306 g/mol. The number of rotatable bonds is 7. The van der Waals surface area contributed by atoms with Crippen LogP contribution in [0.5, 0.6) is 0 Å². The minimum absolute atomic E-state index is 0.0726. The van der Waals surface area contributed by atoms with Crippen molar-refractivity contribution >= 4 is 12.1 Å². The quantitative estimate of drug-likeness (QED) is 0.786. The second-order valence-corrected chi connectivity index (χ2v) is 7.17. The number of benzene rings is 1. The lowest BCUT2D eigenvalue weighted by Crippen LogP contribution is -2.38. The van der Waals surface area contributed by atoms with Crippen molar-refractivity contribution in [3.8, 4) is 0 Å². The van der Waals surface area contributed by atoms with E-state index in [1.165, 1.54) is 0 Å². The molecule has 0 saturated carbocycles. The Hall–Kier alpha value is -2.04. The Morgan fingerprint density at radius 2 is 1.79 bits per heavy atom. The molecule has 2 unspecified atom stereocenters. The zero-order valence-electron chi connectivity index (χ0n) is 15.3. The SMILES string of the molecule is CCCC(C(=O)O)c1ccc(CC(C)NC(=O)OC(C)(C)C)cc1. The van der Waals surface area contributed by atoms with Crippen LogP contribution < -0.4 is 5.32 Å². The molecule has 0 aromatic heterocycles. The van der Waals surface area contributed by atoms with Crippen molar-refractivity contribution < 1.29 is 19.4 Å². The highest BCUT2D eigenvalue weighted by molar-refractivity contribution is 5.76. The maximum atomic E-state index is 11.8. The number of carbonyl (C=O) groups is 2. The smallest absolute Gasteiger partial charge is 0.407 e. The first kappa shape index (κ1) is 20.0. The highest BCUT2D eigenvalue weighted by atomic mass is 16.6. The molecule has 1 aromatic carbocycles. The monoisotopic (exact) mass is 335 g/mol. The van der Waals surface area contributed by atoms with E-state index in [0.717, 1.165) is 17.5 Å². The number of ether oxygens (including phenoxy) is 1. The molecule has 1 amide bonds. The molecule has 0 spiro atoms. The third kappa shape index (κ3) is 7.02. The zero-order valence-corrected chi connectivity index (χ0v) is 15.3. The van der Waals surface area contributed by atoms with Gasteiger partial charge in [0.1, 0.15) is 5.60 Å². The lowest BCUT2D eigenvalue weighted by molar-refractivity contribution is -0.139. The second kappa shape index (κ2) is 8.71. The maximum Gasteiger partial charge on any atom is 0.407 e. The summed E-state index contributed by atoms with van der Waals surface area (Å²) >= 11 is 0. The van der Waals surface area contributed by atoms with Gasteiger partial charge < -0.3 is 15.2 Å². The van der Waals surface area contributed by atoms with E-state index in [2.05, 4.69) is 5.32 Å². The van der Waals surface area contributed by atoms with Gasteiger partial charge in [0.05, 0.1) is 5.92 Å². The van der Waals surface area contributed by atoms with Crippen LogP contribution in [0, 0.1) is 0 Å². The van der Waals surface area contributed by atoms with E-state index in [1.54, 1.807) is 0 Å². The number of carboxylic acids is 1. The van der Waals surface area contributed by atoms with Crippen molar-refractivity contribution in [3.63, 3.8) is 0 Å². The first-order valence-corrected chi connectivity index (χ1v) is 8.43. The molecule has 1 aromatic rings. The number of alkyl carbamates (subject to hydrolysis) is 1. The first-order chi connectivity index (χ1) is 11.1. The second-order valence-electron chi connectivity index (χ2n) is 7.17. The van der Waals surface area contributed by atoms with Crippen LogP contribution in [-0.2, 0) is 16.0 Å². The van der Waals surface area contributed by atoms with Crippen LogP contribution in [-0.4, -0.2) is 28.8 Å². The molecule has 24 heavy (non-hydrogen) atoms. The van der Waals surface area contributed by atoms with E-state index in [4.69, 9.17) is 4.74 Å². The molecule has 0 heterocycles. The van der Waals surface area contributed by atoms with Gasteiger partial charge in [-0.2, -0.15) is 0 Å². The zero-order chi connectivity index (χ0) is 18.3. The molecule has 134 valence electrons. The van der Waals surface area contributed by atoms with Gasteiger partial charge in [-0.1, -0.05) is 37.6 Å². The highest BCUT2D eigenvalue weighted by Gasteiger charge is 2.19. The van der Waals surface area contributed by atoms with Crippen LogP contribution >= 0.6 is 0 Å². The van der Waals surface area contributed by atoms with E-state index in [0.29, 0.717) is 12.8 Å². The predicted molar refractivity (Wildman–Crippen MR) is 94.3 cm³/mol. The van der Waals surface area contributed by atoms with E-state index in [1.807, 2.05) is 58.9 Å².